The Balaban J connectivity index is 1.84. The lowest BCUT2D eigenvalue weighted by Crippen LogP contribution is -2.38. The molecule has 2 fully saturated rings. The van der Waals surface area contributed by atoms with Crippen LogP contribution in [-0.2, 0) is 14.6 Å². The van der Waals surface area contributed by atoms with E-state index < -0.39 is 15.1 Å². The molecule has 0 bridgehead atoms. The van der Waals surface area contributed by atoms with E-state index >= 15 is 0 Å². The molecule has 0 radical (unpaired) electrons. The van der Waals surface area contributed by atoms with Crippen LogP contribution in [0.5, 0.6) is 0 Å². The molecule has 2 saturated heterocycles. The van der Waals surface area contributed by atoms with Gasteiger partial charge in [-0.05, 0) is 42.2 Å². The van der Waals surface area contributed by atoms with E-state index in [1.165, 1.54) is 0 Å². The predicted molar refractivity (Wildman–Crippen MR) is 78.2 cm³/mol. The van der Waals surface area contributed by atoms with E-state index in [-0.39, 0.29) is 23.9 Å². The molecular weight excluding hydrogens is 296 g/mol. The van der Waals surface area contributed by atoms with Crippen LogP contribution in [0.15, 0.2) is 16.8 Å². The van der Waals surface area contributed by atoms with Crippen molar-refractivity contribution in [2.24, 2.45) is 0 Å². The van der Waals surface area contributed by atoms with Crippen LogP contribution in [-0.4, -0.2) is 42.8 Å². The van der Waals surface area contributed by atoms with E-state index in [1.807, 2.05) is 23.8 Å². The number of carbonyl (C=O) groups is 1. The summed E-state index contributed by atoms with van der Waals surface area (Å²) in [5, 5.41) is 6.81. The topological polar surface area (TPSA) is 66.5 Å². The third kappa shape index (κ3) is 2.38. The summed E-state index contributed by atoms with van der Waals surface area (Å²) in [5.74, 6) is 0.245. The summed E-state index contributed by atoms with van der Waals surface area (Å²) in [6.07, 6.45) is 1.18. The quantitative estimate of drug-likeness (QED) is 0.909. The van der Waals surface area contributed by atoms with E-state index in [9.17, 15) is 13.2 Å². The highest BCUT2D eigenvalue weighted by Crippen LogP contribution is 2.30. The zero-order valence-corrected chi connectivity index (χ0v) is 12.9. The number of thiophene rings is 1. The maximum Gasteiger partial charge on any atom is 0.241 e. The van der Waals surface area contributed by atoms with Crippen LogP contribution in [0.4, 0.5) is 0 Å². The second kappa shape index (κ2) is 5.13. The van der Waals surface area contributed by atoms with Gasteiger partial charge in [-0.2, -0.15) is 11.3 Å². The fourth-order valence-corrected chi connectivity index (χ4v) is 5.45. The summed E-state index contributed by atoms with van der Waals surface area (Å²) in [5.41, 5.74) is 1.03. The minimum absolute atomic E-state index is 0.0108. The summed E-state index contributed by atoms with van der Waals surface area (Å²) >= 11 is 1.58. The van der Waals surface area contributed by atoms with E-state index in [0.717, 1.165) is 5.56 Å². The number of rotatable bonds is 3. The van der Waals surface area contributed by atoms with Gasteiger partial charge in [-0.3, -0.25) is 10.1 Å². The molecule has 5 nitrogen and oxygen atoms in total. The standard InChI is InChI=1S/C13H18N2O3S2/c1-9-13(16)15(7-11-3-2-6-20(11,17)18)12(14-9)10-4-5-19-8-10/h4-5,8-9,11-12,14H,2-3,6-7H2,1H3. The molecular formula is C13H18N2O3S2. The molecule has 1 N–H and O–H groups in total. The molecule has 20 heavy (non-hydrogen) atoms. The minimum atomic E-state index is -3.03. The first kappa shape index (κ1) is 14.0. The maximum absolute atomic E-state index is 12.3. The molecule has 0 aromatic carbocycles. The Bertz CT molecular complexity index is 597. The van der Waals surface area contributed by atoms with Crippen molar-refractivity contribution >= 4 is 27.1 Å². The second-order valence-corrected chi connectivity index (χ2v) is 8.65. The molecule has 3 atom stereocenters. The summed E-state index contributed by atoms with van der Waals surface area (Å²) in [7, 11) is -3.03. The average molecular weight is 314 g/mol. The number of amides is 1. The number of hydrogen-bond donors (Lipinski definition) is 1. The largest absolute Gasteiger partial charge is 0.320 e. The van der Waals surface area contributed by atoms with Crippen LogP contribution in [0.2, 0.25) is 0 Å². The third-order valence-electron chi connectivity index (χ3n) is 4.10. The maximum atomic E-state index is 12.3. The van der Waals surface area contributed by atoms with Crippen LogP contribution in [0.3, 0.4) is 0 Å². The Morgan fingerprint density at radius 3 is 2.90 bits per heavy atom. The minimum Gasteiger partial charge on any atom is -0.320 e. The summed E-state index contributed by atoms with van der Waals surface area (Å²) < 4.78 is 23.9. The monoisotopic (exact) mass is 314 g/mol. The normalized spacial score (nSPS) is 33.0. The van der Waals surface area contributed by atoms with Gasteiger partial charge in [0, 0.05) is 6.54 Å². The lowest BCUT2D eigenvalue weighted by molar-refractivity contribution is -0.129. The SMILES string of the molecule is CC1NC(c2ccsc2)N(CC2CCCS2(=O)=O)C1=O. The highest BCUT2D eigenvalue weighted by molar-refractivity contribution is 7.92. The number of nitrogens with one attached hydrogen (secondary N) is 1. The zero-order chi connectivity index (χ0) is 14.3. The van der Waals surface area contributed by atoms with E-state index in [2.05, 4.69) is 5.32 Å². The van der Waals surface area contributed by atoms with Gasteiger partial charge >= 0.3 is 0 Å². The summed E-state index contributed by atoms with van der Waals surface area (Å²) in [4.78, 5) is 14.0. The van der Waals surface area contributed by atoms with Crippen LogP contribution in [0, 0.1) is 0 Å². The van der Waals surface area contributed by atoms with Crippen molar-refractivity contribution in [1.82, 2.24) is 10.2 Å². The molecule has 1 aromatic rings. The van der Waals surface area contributed by atoms with Gasteiger partial charge < -0.3 is 4.90 Å². The highest BCUT2D eigenvalue weighted by Gasteiger charge is 2.41. The van der Waals surface area contributed by atoms with Gasteiger partial charge in [0.05, 0.1) is 17.0 Å². The van der Waals surface area contributed by atoms with Crippen molar-refractivity contribution in [2.75, 3.05) is 12.3 Å². The fraction of sp³-hybridized carbons (Fsp3) is 0.615. The molecule has 3 rings (SSSR count). The highest BCUT2D eigenvalue weighted by atomic mass is 32.2. The van der Waals surface area contributed by atoms with Crippen molar-refractivity contribution < 1.29 is 13.2 Å². The molecule has 3 heterocycles. The molecule has 2 aliphatic rings. The van der Waals surface area contributed by atoms with Crippen LogP contribution in [0.25, 0.3) is 0 Å². The molecule has 0 aliphatic carbocycles. The van der Waals surface area contributed by atoms with Gasteiger partial charge in [-0.25, -0.2) is 8.42 Å². The summed E-state index contributed by atoms with van der Waals surface area (Å²) in [6.45, 7) is 2.13. The van der Waals surface area contributed by atoms with Crippen molar-refractivity contribution in [3.05, 3.63) is 22.4 Å². The Kier molecular flexibility index (Phi) is 3.60. The molecule has 7 heteroatoms. The van der Waals surface area contributed by atoms with Crippen molar-refractivity contribution in [3.8, 4) is 0 Å². The first-order valence-electron chi connectivity index (χ1n) is 6.79. The lowest BCUT2D eigenvalue weighted by Gasteiger charge is -2.26. The second-order valence-electron chi connectivity index (χ2n) is 5.47. The smallest absolute Gasteiger partial charge is 0.241 e. The van der Waals surface area contributed by atoms with Crippen molar-refractivity contribution in [2.45, 2.75) is 37.2 Å². The predicted octanol–water partition coefficient (Wildman–Crippen LogP) is 1.14. The van der Waals surface area contributed by atoms with Gasteiger partial charge in [-0.15, -0.1) is 0 Å². The molecule has 1 aromatic heterocycles. The Labute approximate surface area is 122 Å². The van der Waals surface area contributed by atoms with E-state index in [1.54, 1.807) is 16.2 Å². The summed E-state index contributed by atoms with van der Waals surface area (Å²) in [6, 6.07) is 1.72. The fourth-order valence-electron chi connectivity index (χ4n) is 2.96. The number of hydrogen-bond acceptors (Lipinski definition) is 5. The number of carbonyl (C=O) groups excluding carboxylic acids is 1. The van der Waals surface area contributed by atoms with Crippen molar-refractivity contribution in [1.29, 1.82) is 0 Å². The Hall–Kier alpha value is -0.920. The van der Waals surface area contributed by atoms with Crippen LogP contribution >= 0.6 is 11.3 Å². The molecule has 3 unspecified atom stereocenters. The number of sulfone groups is 1. The Morgan fingerprint density at radius 1 is 1.50 bits per heavy atom. The Morgan fingerprint density at radius 2 is 2.30 bits per heavy atom. The molecule has 110 valence electrons. The van der Waals surface area contributed by atoms with Gasteiger partial charge in [0.25, 0.3) is 0 Å². The number of nitrogens with zero attached hydrogens (tertiary/aromatic N) is 1. The average Bonchev–Trinajstić information content (AvgIpc) is 3.07. The van der Waals surface area contributed by atoms with E-state index in [4.69, 9.17) is 0 Å². The van der Waals surface area contributed by atoms with Gasteiger partial charge in [-0.1, -0.05) is 0 Å². The van der Waals surface area contributed by atoms with Gasteiger partial charge in [0.15, 0.2) is 9.84 Å². The zero-order valence-electron chi connectivity index (χ0n) is 11.3. The van der Waals surface area contributed by atoms with Gasteiger partial charge in [0.1, 0.15) is 6.17 Å². The molecule has 1 amide bonds. The van der Waals surface area contributed by atoms with Crippen molar-refractivity contribution in [3.63, 3.8) is 0 Å². The molecule has 0 saturated carbocycles. The van der Waals surface area contributed by atoms with E-state index in [0.29, 0.717) is 19.4 Å². The molecule has 0 spiro atoms. The molecule has 2 aliphatic heterocycles. The third-order valence-corrected chi connectivity index (χ3v) is 7.05. The van der Waals surface area contributed by atoms with Crippen LogP contribution in [0.1, 0.15) is 31.5 Å². The first-order chi connectivity index (χ1) is 9.49. The lowest BCUT2D eigenvalue weighted by atomic mass is 10.2. The first-order valence-corrected chi connectivity index (χ1v) is 9.45. The van der Waals surface area contributed by atoms with Crippen LogP contribution < -0.4 is 5.32 Å². The van der Waals surface area contributed by atoms with Gasteiger partial charge in [0.2, 0.25) is 5.91 Å².